The van der Waals surface area contributed by atoms with Gasteiger partial charge < -0.3 is 0 Å². The van der Waals surface area contributed by atoms with Crippen molar-refractivity contribution >= 4 is 18.3 Å². The predicted molar refractivity (Wildman–Crippen MR) is 127 cm³/mol. The van der Waals surface area contributed by atoms with E-state index in [-0.39, 0.29) is 18.3 Å². The molecule has 0 amide bonds. The first-order valence-corrected chi connectivity index (χ1v) is 17.0. The fourth-order valence-corrected chi connectivity index (χ4v) is 12.1. The average Bonchev–Trinajstić information content (AvgIpc) is 2.76. The van der Waals surface area contributed by atoms with Crippen LogP contribution in [0.2, 0.25) is 24.2 Å². The largest absolute Gasteiger partial charge is 0.204 e. The molecule has 30 heavy (non-hydrogen) atoms. The molecular weight excluding hydrogens is 413 g/mol. The second-order valence-electron chi connectivity index (χ2n) is 10.2. The zero-order chi connectivity index (χ0) is 21.3. The van der Waals surface area contributed by atoms with Gasteiger partial charge in [-0.3, -0.25) is 0 Å². The molecule has 0 aromatic heterocycles. The van der Waals surface area contributed by atoms with Gasteiger partial charge >= 0.3 is 0 Å². The van der Waals surface area contributed by atoms with Gasteiger partial charge in [0.2, 0.25) is 0 Å². The van der Waals surface area contributed by atoms with E-state index in [1.807, 2.05) is 0 Å². The van der Waals surface area contributed by atoms with Gasteiger partial charge in [-0.25, -0.2) is 13.2 Å². The van der Waals surface area contributed by atoms with E-state index in [4.69, 9.17) is 0 Å². The van der Waals surface area contributed by atoms with E-state index in [1.165, 1.54) is 82.4 Å². The minimum Gasteiger partial charge on any atom is -0.204 e. The summed E-state index contributed by atoms with van der Waals surface area (Å²) < 4.78 is 40.2. The van der Waals surface area contributed by atoms with Crippen LogP contribution in [0.4, 0.5) is 13.2 Å². The SMILES string of the molecule is CCCCC[SiH]1CCC(CCCC[C@H]2CC[C@H](c3cc(F)c(F)c(F)c3)[SiH2]C2)CC1. The molecule has 2 saturated heterocycles. The summed E-state index contributed by atoms with van der Waals surface area (Å²) in [4.78, 5) is 0. The van der Waals surface area contributed by atoms with Crippen molar-refractivity contribution < 1.29 is 13.2 Å². The summed E-state index contributed by atoms with van der Waals surface area (Å²) in [7, 11) is -0.752. The Morgan fingerprint density at radius 1 is 0.867 bits per heavy atom. The van der Waals surface area contributed by atoms with E-state index >= 15 is 0 Å². The summed E-state index contributed by atoms with van der Waals surface area (Å²) >= 11 is 0. The van der Waals surface area contributed by atoms with E-state index in [1.54, 1.807) is 18.1 Å². The summed E-state index contributed by atoms with van der Waals surface area (Å²) in [6.45, 7) is 2.31. The van der Waals surface area contributed by atoms with Crippen molar-refractivity contribution in [1.82, 2.24) is 0 Å². The Balaban J connectivity index is 1.27. The zero-order valence-corrected chi connectivity index (χ0v) is 21.5. The second-order valence-corrected chi connectivity index (χ2v) is 15.8. The van der Waals surface area contributed by atoms with E-state index in [0.717, 1.165) is 18.3 Å². The van der Waals surface area contributed by atoms with Gasteiger partial charge in [-0.15, -0.1) is 0 Å². The molecule has 2 heterocycles. The van der Waals surface area contributed by atoms with Crippen molar-refractivity contribution in [2.24, 2.45) is 11.8 Å². The van der Waals surface area contributed by atoms with Crippen LogP contribution in [0.15, 0.2) is 12.1 Å². The maximum atomic E-state index is 13.5. The fourth-order valence-electron chi connectivity index (χ4n) is 5.95. The number of halogens is 3. The summed E-state index contributed by atoms with van der Waals surface area (Å²) in [6, 6.07) is 8.56. The van der Waals surface area contributed by atoms with Gasteiger partial charge in [0, 0.05) is 18.3 Å². The van der Waals surface area contributed by atoms with Crippen LogP contribution in [0.1, 0.15) is 88.7 Å². The molecule has 0 spiro atoms. The third-order valence-electron chi connectivity index (χ3n) is 7.98. The number of benzene rings is 1. The summed E-state index contributed by atoms with van der Waals surface area (Å²) in [5.74, 6) is -1.56. The van der Waals surface area contributed by atoms with Crippen LogP contribution in [0.3, 0.4) is 0 Å². The van der Waals surface area contributed by atoms with Gasteiger partial charge in [-0.2, -0.15) is 0 Å². The molecule has 2 atom stereocenters. The molecule has 0 aliphatic carbocycles. The van der Waals surface area contributed by atoms with Crippen molar-refractivity contribution in [2.45, 2.75) is 107 Å². The molecule has 0 saturated carbocycles. The molecule has 0 nitrogen and oxygen atoms in total. The Bertz CT molecular complexity index is 612. The topological polar surface area (TPSA) is 0 Å². The van der Waals surface area contributed by atoms with Crippen LogP contribution in [-0.4, -0.2) is 18.3 Å². The molecule has 2 fully saturated rings. The molecule has 0 N–H and O–H groups in total. The maximum absolute atomic E-state index is 13.5. The molecule has 2 aliphatic heterocycles. The minimum absolute atomic E-state index is 0.322. The smallest absolute Gasteiger partial charge is 0.194 e. The lowest BCUT2D eigenvalue weighted by atomic mass is 9.91. The summed E-state index contributed by atoms with van der Waals surface area (Å²) in [5.41, 5.74) is 1.02. The molecule has 1 aromatic rings. The van der Waals surface area contributed by atoms with E-state index < -0.39 is 17.5 Å². The van der Waals surface area contributed by atoms with Gasteiger partial charge in [0.25, 0.3) is 0 Å². The molecule has 0 unspecified atom stereocenters. The Morgan fingerprint density at radius 2 is 1.53 bits per heavy atom. The van der Waals surface area contributed by atoms with Crippen molar-refractivity contribution in [3.05, 3.63) is 35.1 Å². The molecule has 1 aromatic carbocycles. The molecule has 0 radical (unpaired) electrons. The van der Waals surface area contributed by atoms with Crippen molar-refractivity contribution in [3.8, 4) is 0 Å². The number of hydrogen-bond donors (Lipinski definition) is 0. The van der Waals surface area contributed by atoms with Crippen molar-refractivity contribution in [3.63, 3.8) is 0 Å². The first-order valence-electron chi connectivity index (χ1n) is 12.7. The molecule has 3 rings (SSSR count). The van der Waals surface area contributed by atoms with E-state index in [9.17, 15) is 13.2 Å². The highest BCUT2D eigenvalue weighted by Crippen LogP contribution is 2.36. The van der Waals surface area contributed by atoms with Crippen LogP contribution in [0, 0.1) is 29.3 Å². The average molecular weight is 455 g/mol. The Morgan fingerprint density at radius 3 is 2.13 bits per heavy atom. The lowest BCUT2D eigenvalue weighted by Crippen LogP contribution is -2.21. The van der Waals surface area contributed by atoms with Gasteiger partial charge in [-0.1, -0.05) is 95.3 Å². The van der Waals surface area contributed by atoms with Crippen LogP contribution in [0.5, 0.6) is 0 Å². The van der Waals surface area contributed by atoms with Crippen molar-refractivity contribution in [2.75, 3.05) is 0 Å². The van der Waals surface area contributed by atoms with Crippen molar-refractivity contribution in [1.29, 1.82) is 0 Å². The lowest BCUT2D eigenvalue weighted by molar-refractivity contribution is 0.383. The molecule has 170 valence electrons. The van der Waals surface area contributed by atoms with Gasteiger partial charge in [0.15, 0.2) is 17.5 Å². The van der Waals surface area contributed by atoms with Crippen LogP contribution in [-0.2, 0) is 0 Å². The van der Waals surface area contributed by atoms with Gasteiger partial charge in [-0.05, 0) is 41.5 Å². The van der Waals surface area contributed by atoms with Gasteiger partial charge in [0.05, 0.1) is 0 Å². The zero-order valence-electron chi connectivity index (χ0n) is 18.9. The number of hydrogen-bond acceptors (Lipinski definition) is 0. The summed E-state index contributed by atoms with van der Waals surface area (Å²) in [5, 5.41) is 0. The first-order chi connectivity index (χ1) is 14.6. The standard InChI is InChI=1S/C25H41F3Si2/c1-2-3-6-13-30-14-11-19(12-15-30)7-4-5-8-20-9-10-24(29-18-20)21-16-22(26)25(28)23(27)17-21/h16-17,19-20,24,30H,2-15,18,29H2,1H3/t19?,20-,24+,30?/m0/s1. The maximum Gasteiger partial charge on any atom is 0.194 e. The quantitative estimate of drug-likeness (QED) is 0.195. The molecule has 5 heteroatoms. The molecule has 2 aliphatic rings. The normalized spacial score (nSPS) is 28.1. The molecular formula is C25H41F3Si2. The highest BCUT2D eigenvalue weighted by Gasteiger charge is 2.25. The number of unbranched alkanes of at least 4 members (excludes halogenated alkanes) is 3. The summed E-state index contributed by atoms with van der Waals surface area (Å²) in [6.07, 6.45) is 15.1. The Labute approximate surface area is 185 Å². The predicted octanol–water partition coefficient (Wildman–Crippen LogP) is 7.53. The monoisotopic (exact) mass is 454 g/mol. The fraction of sp³-hybridized carbons (Fsp3) is 0.760. The third-order valence-corrected chi connectivity index (χ3v) is 14.2. The number of rotatable bonds is 10. The van der Waals surface area contributed by atoms with Crippen LogP contribution in [0.25, 0.3) is 0 Å². The van der Waals surface area contributed by atoms with E-state index in [2.05, 4.69) is 6.92 Å². The second kappa shape index (κ2) is 12.5. The van der Waals surface area contributed by atoms with Crippen LogP contribution >= 0.6 is 0 Å². The van der Waals surface area contributed by atoms with Crippen LogP contribution < -0.4 is 0 Å². The lowest BCUT2D eigenvalue weighted by Gasteiger charge is -2.29. The third kappa shape index (κ3) is 7.25. The Kier molecular flexibility index (Phi) is 10.0. The Hall–Kier alpha value is -0.556. The highest BCUT2D eigenvalue weighted by atomic mass is 28.3. The molecule has 0 bridgehead atoms. The highest BCUT2D eigenvalue weighted by molar-refractivity contribution is 6.58. The van der Waals surface area contributed by atoms with E-state index in [0.29, 0.717) is 11.1 Å². The minimum atomic E-state index is -1.33. The first kappa shape index (κ1) is 24.1. The van der Waals surface area contributed by atoms with Gasteiger partial charge in [0.1, 0.15) is 0 Å².